The molecule has 0 unspecified atom stereocenters. The molecule has 31 heavy (non-hydrogen) atoms. The van der Waals surface area contributed by atoms with Crippen LogP contribution in [0.4, 0.5) is 5.69 Å². The number of benzene rings is 2. The van der Waals surface area contributed by atoms with Crippen molar-refractivity contribution in [1.82, 2.24) is 4.98 Å². The molecule has 4 rings (SSSR count). The number of carbonyl (C=O) groups is 1. The largest absolute Gasteiger partial charge is 0.462 e. The number of pyridine rings is 1. The topological polar surface area (TPSA) is 81.4 Å². The number of anilines is 1. The summed E-state index contributed by atoms with van der Waals surface area (Å²) in [5, 5.41) is 4.60. The van der Waals surface area contributed by atoms with Crippen LogP contribution in [0.15, 0.2) is 63.9 Å². The van der Waals surface area contributed by atoms with Gasteiger partial charge in [-0.3, -0.25) is 4.79 Å². The van der Waals surface area contributed by atoms with Gasteiger partial charge in [0.15, 0.2) is 0 Å². The SMILES string of the molecule is CCOC(=O)c1cc2c(=O)c3ccccc3oc2nc1/C=C/Nc1cc(Cl)cc(Cl)c1. The molecule has 0 radical (unpaired) electrons. The Bertz CT molecular complexity index is 1380. The summed E-state index contributed by atoms with van der Waals surface area (Å²) in [5.74, 6) is -0.588. The lowest BCUT2D eigenvalue weighted by molar-refractivity contribution is 0.0526. The fourth-order valence-corrected chi connectivity index (χ4v) is 3.62. The number of fused-ring (bicyclic) bond motifs is 2. The zero-order chi connectivity index (χ0) is 22.0. The summed E-state index contributed by atoms with van der Waals surface area (Å²) < 4.78 is 10.9. The second-order valence-corrected chi connectivity index (χ2v) is 7.43. The van der Waals surface area contributed by atoms with Crippen molar-refractivity contribution in [1.29, 1.82) is 0 Å². The van der Waals surface area contributed by atoms with E-state index in [1.807, 2.05) is 0 Å². The van der Waals surface area contributed by atoms with Crippen molar-refractivity contribution in [2.75, 3.05) is 11.9 Å². The monoisotopic (exact) mass is 454 g/mol. The van der Waals surface area contributed by atoms with Gasteiger partial charge in [-0.2, -0.15) is 0 Å². The number of halogens is 2. The third-order valence-electron chi connectivity index (χ3n) is 4.45. The number of hydrogen-bond donors (Lipinski definition) is 1. The predicted octanol–water partition coefficient (Wildman–Crippen LogP) is 5.91. The Hall–Kier alpha value is -3.35. The van der Waals surface area contributed by atoms with Crippen molar-refractivity contribution in [2.24, 2.45) is 0 Å². The summed E-state index contributed by atoms with van der Waals surface area (Å²) in [4.78, 5) is 29.8. The van der Waals surface area contributed by atoms with Gasteiger partial charge in [0, 0.05) is 21.9 Å². The number of nitrogens with zero attached hydrogens (tertiary/aromatic N) is 1. The quantitative estimate of drug-likeness (QED) is 0.298. The highest BCUT2D eigenvalue weighted by Gasteiger charge is 2.18. The van der Waals surface area contributed by atoms with E-state index < -0.39 is 5.97 Å². The normalized spacial score (nSPS) is 11.3. The molecule has 0 aliphatic carbocycles. The standard InChI is InChI=1S/C23H16Cl2N2O4/c1-2-30-23(29)17-12-18-21(28)16-5-3-4-6-20(16)31-22(18)27-19(17)7-8-26-15-10-13(24)9-14(25)11-15/h3-12,26H,2H2,1H3/b8-7+. The van der Waals surface area contributed by atoms with E-state index in [-0.39, 0.29) is 34.4 Å². The minimum atomic E-state index is -0.588. The molecule has 0 atom stereocenters. The number of nitrogens with one attached hydrogen (secondary N) is 1. The van der Waals surface area contributed by atoms with E-state index in [1.165, 1.54) is 6.07 Å². The van der Waals surface area contributed by atoms with Crippen LogP contribution in [-0.2, 0) is 4.74 Å². The van der Waals surface area contributed by atoms with E-state index in [2.05, 4.69) is 10.3 Å². The average Bonchev–Trinajstić information content (AvgIpc) is 2.73. The molecule has 2 aromatic heterocycles. The highest BCUT2D eigenvalue weighted by molar-refractivity contribution is 6.35. The second kappa shape index (κ2) is 8.79. The molecule has 4 aromatic rings. The maximum Gasteiger partial charge on any atom is 0.340 e. The van der Waals surface area contributed by atoms with E-state index in [1.54, 1.807) is 61.7 Å². The van der Waals surface area contributed by atoms with Crippen molar-refractivity contribution in [2.45, 2.75) is 6.92 Å². The smallest absolute Gasteiger partial charge is 0.340 e. The van der Waals surface area contributed by atoms with Gasteiger partial charge in [-0.1, -0.05) is 35.3 Å². The lowest BCUT2D eigenvalue weighted by Crippen LogP contribution is -2.11. The Morgan fingerprint density at radius 1 is 1.13 bits per heavy atom. The summed E-state index contributed by atoms with van der Waals surface area (Å²) in [6, 6.07) is 13.3. The molecule has 0 amide bonds. The number of ether oxygens (including phenoxy) is 1. The van der Waals surface area contributed by atoms with Crippen LogP contribution in [0.2, 0.25) is 10.0 Å². The number of rotatable bonds is 5. The summed E-state index contributed by atoms with van der Waals surface area (Å²) in [6.45, 7) is 1.89. The van der Waals surface area contributed by atoms with Gasteiger partial charge in [-0.15, -0.1) is 0 Å². The Kier molecular flexibility index (Phi) is 5.93. The van der Waals surface area contributed by atoms with E-state index >= 15 is 0 Å². The summed E-state index contributed by atoms with van der Waals surface area (Å²) in [6.07, 6.45) is 3.16. The zero-order valence-corrected chi connectivity index (χ0v) is 17.8. The third-order valence-corrected chi connectivity index (χ3v) is 4.89. The number of esters is 1. The van der Waals surface area contributed by atoms with Crippen molar-refractivity contribution in [3.05, 3.63) is 86.3 Å². The molecule has 2 aromatic carbocycles. The van der Waals surface area contributed by atoms with E-state index in [0.29, 0.717) is 26.7 Å². The van der Waals surface area contributed by atoms with Crippen molar-refractivity contribution in [3.8, 4) is 0 Å². The van der Waals surface area contributed by atoms with Gasteiger partial charge in [0.2, 0.25) is 11.1 Å². The first-order valence-electron chi connectivity index (χ1n) is 9.39. The van der Waals surface area contributed by atoms with Crippen LogP contribution in [-0.4, -0.2) is 17.6 Å². The van der Waals surface area contributed by atoms with Gasteiger partial charge in [-0.05, 0) is 49.4 Å². The van der Waals surface area contributed by atoms with Crippen LogP contribution in [0.25, 0.3) is 28.1 Å². The van der Waals surface area contributed by atoms with Crippen LogP contribution in [0.3, 0.4) is 0 Å². The molecule has 0 bridgehead atoms. The highest BCUT2D eigenvalue weighted by Crippen LogP contribution is 2.24. The predicted molar refractivity (Wildman–Crippen MR) is 123 cm³/mol. The third kappa shape index (κ3) is 4.40. The van der Waals surface area contributed by atoms with Gasteiger partial charge in [0.1, 0.15) is 5.58 Å². The first kappa shape index (κ1) is 20.9. The number of para-hydroxylation sites is 1. The van der Waals surface area contributed by atoms with Crippen LogP contribution >= 0.6 is 23.2 Å². The fraction of sp³-hybridized carbons (Fsp3) is 0.0870. The number of carbonyl (C=O) groups excluding carboxylic acids is 1. The Morgan fingerprint density at radius 2 is 1.87 bits per heavy atom. The van der Waals surface area contributed by atoms with Gasteiger partial charge < -0.3 is 14.5 Å². The van der Waals surface area contributed by atoms with Crippen molar-refractivity contribution < 1.29 is 13.9 Å². The van der Waals surface area contributed by atoms with Crippen LogP contribution in [0.1, 0.15) is 23.0 Å². The molecule has 8 heteroatoms. The minimum Gasteiger partial charge on any atom is -0.462 e. The van der Waals surface area contributed by atoms with Gasteiger partial charge in [0.05, 0.1) is 28.6 Å². The van der Waals surface area contributed by atoms with Crippen LogP contribution in [0, 0.1) is 0 Å². The molecular formula is C23H16Cl2N2O4. The van der Waals surface area contributed by atoms with E-state index in [0.717, 1.165) is 0 Å². The molecule has 6 nitrogen and oxygen atoms in total. The summed E-state index contributed by atoms with van der Waals surface area (Å²) in [7, 11) is 0. The van der Waals surface area contributed by atoms with Crippen LogP contribution < -0.4 is 10.7 Å². The Labute approximate surface area is 187 Å². The maximum atomic E-state index is 12.9. The molecule has 0 fully saturated rings. The lowest BCUT2D eigenvalue weighted by atomic mass is 10.1. The molecule has 0 aliphatic rings. The molecule has 1 N–H and O–H groups in total. The molecule has 0 spiro atoms. The summed E-state index contributed by atoms with van der Waals surface area (Å²) >= 11 is 12.0. The highest BCUT2D eigenvalue weighted by atomic mass is 35.5. The number of aromatic nitrogens is 1. The molecule has 0 saturated carbocycles. The molecule has 156 valence electrons. The number of hydrogen-bond acceptors (Lipinski definition) is 6. The van der Waals surface area contributed by atoms with Crippen LogP contribution in [0.5, 0.6) is 0 Å². The molecule has 0 saturated heterocycles. The first-order chi connectivity index (χ1) is 15.0. The molecule has 0 aliphatic heterocycles. The Morgan fingerprint density at radius 3 is 2.61 bits per heavy atom. The minimum absolute atomic E-state index is 0.127. The molecule has 2 heterocycles. The van der Waals surface area contributed by atoms with Gasteiger partial charge >= 0.3 is 5.97 Å². The molecular weight excluding hydrogens is 439 g/mol. The van der Waals surface area contributed by atoms with Crippen molar-refractivity contribution >= 4 is 63.0 Å². The van der Waals surface area contributed by atoms with Gasteiger partial charge in [-0.25, -0.2) is 9.78 Å². The maximum absolute atomic E-state index is 12.9. The van der Waals surface area contributed by atoms with Crippen molar-refractivity contribution in [3.63, 3.8) is 0 Å². The van der Waals surface area contributed by atoms with Gasteiger partial charge in [0.25, 0.3) is 0 Å². The fourth-order valence-electron chi connectivity index (χ4n) is 3.10. The van der Waals surface area contributed by atoms with E-state index in [4.69, 9.17) is 32.4 Å². The summed E-state index contributed by atoms with van der Waals surface area (Å²) in [5.41, 5.74) is 1.37. The zero-order valence-electron chi connectivity index (χ0n) is 16.3. The second-order valence-electron chi connectivity index (χ2n) is 6.56. The Balaban J connectivity index is 1.81. The first-order valence-corrected chi connectivity index (χ1v) is 10.1. The van der Waals surface area contributed by atoms with E-state index in [9.17, 15) is 9.59 Å². The lowest BCUT2D eigenvalue weighted by Gasteiger charge is -2.08. The average molecular weight is 455 g/mol.